The van der Waals surface area contributed by atoms with Crippen LogP contribution in [0.25, 0.3) is 0 Å². The van der Waals surface area contributed by atoms with Crippen LogP contribution in [0.3, 0.4) is 0 Å². The maximum absolute atomic E-state index is 5.71. The van der Waals surface area contributed by atoms with E-state index in [1.165, 1.54) is 0 Å². The van der Waals surface area contributed by atoms with Crippen molar-refractivity contribution >= 4 is 7.85 Å². The lowest BCUT2D eigenvalue weighted by atomic mass is 9.81. The Morgan fingerprint density at radius 2 is 1.90 bits per heavy atom. The van der Waals surface area contributed by atoms with E-state index in [-0.39, 0.29) is 6.00 Å². The molecule has 1 aliphatic rings. The molecule has 0 aromatic carbocycles. The van der Waals surface area contributed by atoms with E-state index in [1.807, 2.05) is 0 Å². The molecule has 1 aliphatic heterocycles. The van der Waals surface area contributed by atoms with Gasteiger partial charge in [0.1, 0.15) is 7.85 Å². The molecule has 0 saturated carbocycles. The molecule has 2 unspecified atom stereocenters. The first-order valence-electron chi connectivity index (χ1n) is 4.07. The van der Waals surface area contributed by atoms with Crippen LogP contribution in [-0.4, -0.2) is 20.0 Å². The highest BCUT2D eigenvalue weighted by molar-refractivity contribution is 6.11. The first kappa shape index (κ1) is 8.12. The van der Waals surface area contributed by atoms with Gasteiger partial charge in [-0.1, -0.05) is 20.8 Å². The molecule has 10 heavy (non-hydrogen) atoms. The van der Waals surface area contributed by atoms with Gasteiger partial charge in [-0.25, -0.2) is 0 Å². The lowest BCUT2D eigenvalue weighted by Crippen LogP contribution is -2.15. The van der Waals surface area contributed by atoms with E-state index >= 15 is 0 Å². The molecule has 0 amide bonds. The van der Waals surface area contributed by atoms with Crippen molar-refractivity contribution in [2.45, 2.75) is 39.3 Å². The van der Waals surface area contributed by atoms with Crippen molar-refractivity contribution in [2.24, 2.45) is 11.8 Å². The van der Waals surface area contributed by atoms with E-state index in [0.29, 0.717) is 17.9 Å². The highest BCUT2D eigenvalue weighted by atomic mass is 16.5. The summed E-state index contributed by atoms with van der Waals surface area (Å²) in [6.07, 6.45) is 1.48. The van der Waals surface area contributed by atoms with E-state index in [1.54, 1.807) is 0 Å². The summed E-state index contributed by atoms with van der Waals surface area (Å²) >= 11 is 0. The lowest BCUT2D eigenvalue weighted by Gasteiger charge is -2.13. The molecule has 1 fully saturated rings. The first-order chi connectivity index (χ1) is 4.66. The van der Waals surface area contributed by atoms with Crippen molar-refractivity contribution in [2.75, 3.05) is 0 Å². The Labute approximate surface area is 64.6 Å². The first-order valence-corrected chi connectivity index (χ1v) is 4.07. The monoisotopic (exact) mass is 138 g/mol. The van der Waals surface area contributed by atoms with Crippen molar-refractivity contribution in [1.29, 1.82) is 0 Å². The van der Waals surface area contributed by atoms with E-state index < -0.39 is 0 Å². The molecular formula is C8H15BO. The Bertz CT molecular complexity index is 116. The molecule has 0 aliphatic carbocycles. The van der Waals surface area contributed by atoms with E-state index in [9.17, 15) is 0 Å². The molecule has 0 bridgehead atoms. The average Bonchev–Trinajstić information content (AvgIpc) is 2.17. The molecular weight excluding hydrogens is 123 g/mol. The second-order valence-electron chi connectivity index (χ2n) is 3.27. The predicted octanol–water partition coefficient (Wildman–Crippen LogP) is 1.56. The molecule has 1 saturated heterocycles. The number of hydrogen-bond acceptors (Lipinski definition) is 1. The molecule has 2 radical (unpaired) electrons. The summed E-state index contributed by atoms with van der Waals surface area (Å²) in [6.45, 7) is 6.52. The molecule has 0 spiro atoms. The van der Waals surface area contributed by atoms with Gasteiger partial charge in [0.15, 0.2) is 0 Å². The maximum Gasteiger partial charge on any atom is 0.109 e. The summed E-state index contributed by atoms with van der Waals surface area (Å²) in [7, 11) is 5.71. The third kappa shape index (κ3) is 1.22. The Morgan fingerprint density at radius 3 is 2.10 bits per heavy atom. The Hall–Kier alpha value is 0.0249. The smallest absolute Gasteiger partial charge is 0.109 e. The summed E-state index contributed by atoms with van der Waals surface area (Å²) in [5.74, 6) is 1.14. The minimum atomic E-state index is -0.0278. The standard InChI is InChI=1S/C8H15BO/c1-4-7-5(2)6(3)8(9)10-7/h5-8H,4H2,1-3H3/t5-,6-,7?,8?/m1/s1. The molecule has 0 aromatic rings. The second-order valence-corrected chi connectivity index (χ2v) is 3.27. The van der Waals surface area contributed by atoms with Gasteiger partial charge in [-0.05, 0) is 18.3 Å². The average molecular weight is 138 g/mol. The Kier molecular flexibility index (Phi) is 2.40. The molecule has 0 N–H and O–H groups in total. The molecule has 0 aromatic heterocycles. The van der Waals surface area contributed by atoms with Crippen LogP contribution < -0.4 is 0 Å². The SMILES string of the molecule is [B]C1OC(CC)[C@H](C)[C@H]1C. The summed E-state index contributed by atoms with van der Waals surface area (Å²) in [5.41, 5.74) is 0. The van der Waals surface area contributed by atoms with Gasteiger partial charge in [-0.2, -0.15) is 0 Å². The summed E-state index contributed by atoms with van der Waals surface area (Å²) in [4.78, 5) is 0. The minimum absolute atomic E-state index is 0.0278. The normalized spacial score (nSPS) is 47.9. The van der Waals surface area contributed by atoms with Gasteiger partial charge in [0, 0.05) is 6.00 Å². The highest BCUT2D eigenvalue weighted by Crippen LogP contribution is 2.31. The summed E-state index contributed by atoms with van der Waals surface area (Å²) in [6, 6.07) is -0.0278. The van der Waals surface area contributed by atoms with Crippen LogP contribution in [0.4, 0.5) is 0 Å². The van der Waals surface area contributed by atoms with E-state index in [2.05, 4.69) is 20.8 Å². The predicted molar refractivity (Wildman–Crippen MR) is 43.0 cm³/mol. The van der Waals surface area contributed by atoms with Crippen LogP contribution in [0.1, 0.15) is 27.2 Å². The van der Waals surface area contributed by atoms with Crippen LogP contribution >= 0.6 is 0 Å². The number of ether oxygens (including phenoxy) is 1. The maximum atomic E-state index is 5.71. The molecule has 2 heteroatoms. The van der Waals surface area contributed by atoms with Crippen molar-refractivity contribution in [3.63, 3.8) is 0 Å². The van der Waals surface area contributed by atoms with Gasteiger partial charge in [0.25, 0.3) is 0 Å². The minimum Gasteiger partial charge on any atom is -0.384 e. The Morgan fingerprint density at radius 1 is 1.30 bits per heavy atom. The fourth-order valence-electron chi connectivity index (χ4n) is 1.56. The zero-order valence-electron chi connectivity index (χ0n) is 7.00. The largest absolute Gasteiger partial charge is 0.384 e. The van der Waals surface area contributed by atoms with Crippen LogP contribution in [-0.2, 0) is 4.74 Å². The highest BCUT2D eigenvalue weighted by Gasteiger charge is 2.34. The fourth-order valence-corrected chi connectivity index (χ4v) is 1.56. The quantitative estimate of drug-likeness (QED) is 0.499. The van der Waals surface area contributed by atoms with Gasteiger partial charge in [-0.15, -0.1) is 0 Å². The van der Waals surface area contributed by atoms with Crippen LogP contribution in [0.15, 0.2) is 0 Å². The molecule has 4 atom stereocenters. The van der Waals surface area contributed by atoms with Crippen molar-refractivity contribution in [3.05, 3.63) is 0 Å². The molecule has 1 heterocycles. The lowest BCUT2D eigenvalue weighted by molar-refractivity contribution is 0.0698. The van der Waals surface area contributed by atoms with Gasteiger partial charge in [0.05, 0.1) is 6.10 Å². The van der Waals surface area contributed by atoms with Crippen LogP contribution in [0, 0.1) is 11.8 Å². The van der Waals surface area contributed by atoms with Gasteiger partial charge in [0.2, 0.25) is 0 Å². The third-order valence-electron chi connectivity index (χ3n) is 2.67. The topological polar surface area (TPSA) is 9.23 Å². The second kappa shape index (κ2) is 2.95. The van der Waals surface area contributed by atoms with E-state index in [4.69, 9.17) is 12.6 Å². The fraction of sp³-hybridized carbons (Fsp3) is 1.00. The zero-order chi connectivity index (χ0) is 7.72. The third-order valence-corrected chi connectivity index (χ3v) is 2.67. The molecule has 56 valence electrons. The van der Waals surface area contributed by atoms with Crippen molar-refractivity contribution in [1.82, 2.24) is 0 Å². The number of rotatable bonds is 1. The van der Waals surface area contributed by atoms with Gasteiger partial charge in [-0.3, -0.25) is 0 Å². The zero-order valence-corrected chi connectivity index (χ0v) is 7.00. The summed E-state index contributed by atoms with van der Waals surface area (Å²) < 4.78 is 5.51. The van der Waals surface area contributed by atoms with Gasteiger partial charge < -0.3 is 4.74 Å². The van der Waals surface area contributed by atoms with Crippen LogP contribution in [0.5, 0.6) is 0 Å². The number of hydrogen-bond donors (Lipinski definition) is 0. The molecule has 1 nitrogen and oxygen atoms in total. The van der Waals surface area contributed by atoms with Gasteiger partial charge >= 0.3 is 0 Å². The summed E-state index contributed by atoms with van der Waals surface area (Å²) in [5, 5.41) is 0. The molecule has 1 rings (SSSR count). The van der Waals surface area contributed by atoms with Crippen LogP contribution in [0.2, 0.25) is 0 Å². The Balaban J connectivity index is 2.53. The van der Waals surface area contributed by atoms with E-state index in [0.717, 1.165) is 6.42 Å². The van der Waals surface area contributed by atoms with Crippen molar-refractivity contribution in [3.8, 4) is 0 Å². The van der Waals surface area contributed by atoms with Crippen molar-refractivity contribution < 1.29 is 4.74 Å².